The summed E-state index contributed by atoms with van der Waals surface area (Å²) >= 11 is 3.08. The van der Waals surface area contributed by atoms with E-state index in [2.05, 4.69) is 28.2 Å². The van der Waals surface area contributed by atoms with Crippen molar-refractivity contribution in [1.29, 1.82) is 0 Å². The van der Waals surface area contributed by atoms with E-state index in [9.17, 15) is 9.18 Å². The van der Waals surface area contributed by atoms with E-state index in [-0.39, 0.29) is 17.5 Å². The summed E-state index contributed by atoms with van der Waals surface area (Å²) in [4.78, 5) is 15.9. The lowest BCUT2D eigenvalue weighted by Gasteiger charge is -2.26. The largest absolute Gasteiger partial charge is 0.337 e. The van der Waals surface area contributed by atoms with Gasteiger partial charge < -0.3 is 4.90 Å². The van der Waals surface area contributed by atoms with Crippen molar-refractivity contribution < 1.29 is 9.18 Å². The summed E-state index contributed by atoms with van der Waals surface area (Å²) in [5.74, 6) is 0.426. The van der Waals surface area contributed by atoms with Crippen molar-refractivity contribution in [2.75, 3.05) is 12.3 Å². The third-order valence-electron chi connectivity index (χ3n) is 4.63. The first-order valence-corrected chi connectivity index (χ1v) is 10.8. The summed E-state index contributed by atoms with van der Waals surface area (Å²) in [5.41, 5.74) is 1.63. The van der Waals surface area contributed by atoms with Gasteiger partial charge in [0, 0.05) is 24.5 Å². The number of thioether (sulfide) groups is 1. The second kappa shape index (κ2) is 8.28. The molecule has 2 aromatic heterocycles. The van der Waals surface area contributed by atoms with Crippen LogP contribution in [0.5, 0.6) is 0 Å². The Bertz CT molecular complexity index is 1010. The highest BCUT2D eigenvalue weighted by molar-refractivity contribution is 7.99. The van der Waals surface area contributed by atoms with E-state index in [1.165, 1.54) is 28.3 Å². The Morgan fingerprint density at radius 3 is 3.00 bits per heavy atom. The molecule has 0 radical (unpaired) electrons. The highest BCUT2D eigenvalue weighted by Crippen LogP contribution is 2.28. The number of nitrogens with zero attached hydrogens (tertiary/aromatic N) is 4. The molecule has 3 aromatic rings. The number of rotatable bonds is 6. The van der Waals surface area contributed by atoms with Crippen molar-refractivity contribution in [2.45, 2.75) is 24.7 Å². The highest BCUT2D eigenvalue weighted by atomic mass is 32.2. The van der Waals surface area contributed by atoms with Crippen LogP contribution in [0.3, 0.4) is 0 Å². The molecule has 0 atom stereocenters. The molecule has 0 fully saturated rings. The maximum atomic E-state index is 14.2. The van der Waals surface area contributed by atoms with Crippen molar-refractivity contribution in [2.24, 2.45) is 0 Å². The Balaban J connectivity index is 1.48. The third kappa shape index (κ3) is 3.74. The zero-order valence-electron chi connectivity index (χ0n) is 15.2. The average molecular weight is 415 g/mol. The third-order valence-corrected chi connectivity index (χ3v) is 6.60. The number of amides is 1. The summed E-state index contributed by atoms with van der Waals surface area (Å²) in [5, 5.41) is 11.0. The maximum Gasteiger partial charge on any atom is 0.233 e. The van der Waals surface area contributed by atoms with E-state index in [0.29, 0.717) is 29.6 Å². The first-order chi connectivity index (χ1) is 13.7. The van der Waals surface area contributed by atoms with Gasteiger partial charge in [-0.1, -0.05) is 30.0 Å². The van der Waals surface area contributed by atoms with Gasteiger partial charge in [0.05, 0.1) is 11.3 Å². The highest BCUT2D eigenvalue weighted by Gasteiger charge is 2.23. The molecule has 0 saturated heterocycles. The number of thiophene rings is 1. The van der Waals surface area contributed by atoms with Crippen LogP contribution in [0.25, 0.3) is 11.4 Å². The predicted molar refractivity (Wildman–Crippen MR) is 110 cm³/mol. The molecule has 28 heavy (non-hydrogen) atoms. The molecule has 1 aliphatic rings. The van der Waals surface area contributed by atoms with Crippen LogP contribution < -0.4 is 0 Å². The maximum absolute atomic E-state index is 14.2. The molecule has 0 saturated carbocycles. The topological polar surface area (TPSA) is 51.0 Å². The number of aromatic nitrogens is 3. The Hall–Kier alpha value is -2.45. The average Bonchev–Trinajstić information content (AvgIpc) is 3.33. The zero-order valence-corrected chi connectivity index (χ0v) is 16.8. The molecule has 5 nitrogen and oxygen atoms in total. The van der Waals surface area contributed by atoms with Gasteiger partial charge in [0.1, 0.15) is 5.82 Å². The molecule has 1 amide bonds. The number of benzene rings is 1. The lowest BCUT2D eigenvalue weighted by molar-refractivity contribution is -0.129. The van der Waals surface area contributed by atoms with Crippen LogP contribution in [0.4, 0.5) is 4.39 Å². The quantitative estimate of drug-likeness (QED) is 0.452. The number of hydrogen-bond acceptors (Lipinski definition) is 5. The van der Waals surface area contributed by atoms with Crippen LogP contribution in [0.1, 0.15) is 10.4 Å². The lowest BCUT2D eigenvalue weighted by Crippen LogP contribution is -2.36. The number of halogens is 1. The fourth-order valence-electron chi connectivity index (χ4n) is 3.21. The molecule has 3 heterocycles. The summed E-state index contributed by atoms with van der Waals surface area (Å²) in [6.45, 7) is 5.61. The van der Waals surface area contributed by atoms with Gasteiger partial charge in [0.15, 0.2) is 11.0 Å². The van der Waals surface area contributed by atoms with Gasteiger partial charge in [-0.3, -0.25) is 9.36 Å². The normalized spacial score (nSPS) is 13.4. The predicted octanol–water partition coefficient (Wildman–Crippen LogP) is 4.01. The molecule has 8 heteroatoms. The summed E-state index contributed by atoms with van der Waals surface area (Å²) in [6.07, 6.45) is 2.62. The van der Waals surface area contributed by atoms with Gasteiger partial charge >= 0.3 is 0 Å². The lowest BCUT2D eigenvalue weighted by atomic mass is 10.1. The van der Waals surface area contributed by atoms with Crippen LogP contribution in [0, 0.1) is 5.82 Å². The van der Waals surface area contributed by atoms with Crippen molar-refractivity contribution in [3.8, 4) is 11.4 Å². The molecule has 1 aromatic carbocycles. The Morgan fingerprint density at radius 1 is 1.32 bits per heavy atom. The Morgan fingerprint density at radius 2 is 2.18 bits per heavy atom. The Kier molecular flexibility index (Phi) is 5.59. The number of fused-ring (bicyclic) bond motifs is 1. The van der Waals surface area contributed by atoms with E-state index >= 15 is 0 Å². The van der Waals surface area contributed by atoms with Gasteiger partial charge in [0.25, 0.3) is 0 Å². The van der Waals surface area contributed by atoms with E-state index in [0.717, 1.165) is 13.0 Å². The molecular weight excluding hydrogens is 395 g/mol. The zero-order chi connectivity index (χ0) is 19.5. The van der Waals surface area contributed by atoms with Gasteiger partial charge in [-0.2, -0.15) is 0 Å². The van der Waals surface area contributed by atoms with E-state index < -0.39 is 0 Å². The van der Waals surface area contributed by atoms with Gasteiger partial charge in [-0.15, -0.1) is 28.1 Å². The molecular formula is C20H19FN4OS2. The number of hydrogen-bond donors (Lipinski definition) is 0. The van der Waals surface area contributed by atoms with Crippen LogP contribution in [-0.4, -0.2) is 37.9 Å². The number of allylic oxidation sites excluding steroid dienone is 1. The second-order valence-electron chi connectivity index (χ2n) is 6.41. The molecule has 0 N–H and O–H groups in total. The fraction of sp³-hybridized carbons (Fsp3) is 0.250. The van der Waals surface area contributed by atoms with Crippen molar-refractivity contribution >= 4 is 29.0 Å². The number of carbonyl (C=O) groups excluding carboxylic acids is 1. The molecule has 144 valence electrons. The van der Waals surface area contributed by atoms with Gasteiger partial charge in [-0.05, 0) is 35.6 Å². The van der Waals surface area contributed by atoms with Crippen LogP contribution in [-0.2, 0) is 24.3 Å². The molecule has 0 bridgehead atoms. The minimum absolute atomic E-state index is 0.0717. The minimum Gasteiger partial charge on any atom is -0.337 e. The van der Waals surface area contributed by atoms with Crippen LogP contribution >= 0.6 is 23.1 Å². The summed E-state index contributed by atoms with van der Waals surface area (Å²) < 4.78 is 16.0. The van der Waals surface area contributed by atoms with E-state index in [1.54, 1.807) is 40.2 Å². The van der Waals surface area contributed by atoms with E-state index in [4.69, 9.17) is 0 Å². The molecule has 0 unspecified atom stereocenters. The molecule has 0 spiro atoms. The summed E-state index contributed by atoms with van der Waals surface area (Å²) in [6, 6.07) is 8.56. The first-order valence-electron chi connectivity index (χ1n) is 8.92. The van der Waals surface area contributed by atoms with Gasteiger partial charge in [-0.25, -0.2) is 4.39 Å². The van der Waals surface area contributed by atoms with E-state index in [1.807, 2.05) is 4.90 Å². The van der Waals surface area contributed by atoms with Crippen molar-refractivity contribution in [3.05, 3.63) is 64.6 Å². The second-order valence-corrected chi connectivity index (χ2v) is 8.35. The van der Waals surface area contributed by atoms with Crippen LogP contribution in [0.15, 0.2) is 53.5 Å². The summed E-state index contributed by atoms with van der Waals surface area (Å²) in [7, 11) is 0. The first kappa shape index (κ1) is 18.9. The minimum atomic E-state index is -0.354. The fourth-order valence-corrected chi connectivity index (χ4v) is 4.95. The molecule has 4 rings (SSSR count). The number of carbonyl (C=O) groups is 1. The van der Waals surface area contributed by atoms with Crippen LogP contribution in [0.2, 0.25) is 0 Å². The monoisotopic (exact) mass is 414 g/mol. The van der Waals surface area contributed by atoms with Gasteiger partial charge in [0.2, 0.25) is 5.91 Å². The standard InChI is InChI=1S/C20H19FN4OS2/c1-2-9-25-19(15-5-3-4-6-16(15)21)22-23-20(25)28-13-18(26)24-10-7-17-14(12-24)8-11-27-17/h2-6,8,11H,1,7,9-10,12-13H2. The SMILES string of the molecule is C=CCn1c(SCC(=O)N2CCc3sccc3C2)nnc1-c1ccccc1F. The molecule has 0 aliphatic carbocycles. The Labute approximate surface area is 170 Å². The van der Waals surface area contributed by atoms with Crippen molar-refractivity contribution in [1.82, 2.24) is 19.7 Å². The molecule has 1 aliphatic heterocycles. The van der Waals surface area contributed by atoms with Crippen molar-refractivity contribution in [3.63, 3.8) is 0 Å². The smallest absolute Gasteiger partial charge is 0.233 e.